The molecule has 148 valence electrons. The summed E-state index contributed by atoms with van der Waals surface area (Å²) < 4.78 is 10.4. The average molecular weight is 384 g/mol. The van der Waals surface area contributed by atoms with E-state index in [2.05, 4.69) is 10.6 Å². The number of rotatable bonds is 7. The molecule has 0 saturated carbocycles. The van der Waals surface area contributed by atoms with Gasteiger partial charge in [-0.25, -0.2) is 0 Å². The Kier molecular flexibility index (Phi) is 6.16. The molecule has 1 fully saturated rings. The molecule has 7 nitrogen and oxygen atoms in total. The number of carboxylic acid groups (broad SMARTS) is 1. The Morgan fingerprint density at radius 2 is 1.79 bits per heavy atom. The summed E-state index contributed by atoms with van der Waals surface area (Å²) in [6, 6.07) is 14.5. The van der Waals surface area contributed by atoms with Crippen molar-refractivity contribution in [3.05, 3.63) is 54.1 Å². The molecule has 0 unspecified atom stereocenters. The number of aliphatic carboxylic acids is 1. The number of nitrogens with one attached hydrogen (secondary N) is 2. The second-order valence-corrected chi connectivity index (χ2v) is 6.78. The molecule has 1 heterocycles. The quantitative estimate of drug-likeness (QED) is 0.679. The summed E-state index contributed by atoms with van der Waals surface area (Å²) in [5.74, 6) is -0.475. The van der Waals surface area contributed by atoms with Crippen molar-refractivity contribution in [2.24, 2.45) is 5.41 Å². The Labute approximate surface area is 163 Å². The summed E-state index contributed by atoms with van der Waals surface area (Å²) in [7, 11) is 1.60. The monoisotopic (exact) mass is 384 g/mol. The summed E-state index contributed by atoms with van der Waals surface area (Å²) >= 11 is 0. The maximum Gasteiger partial charge on any atom is 0.311 e. The number of ether oxygens (including phenoxy) is 2. The standard InChI is InChI=1S/C21H24N2O5/c1-27-16-8-6-15(7-9-16)23-18-5-3-2-4-17(18)19(24)22-14-21(20(25)26)10-12-28-13-11-21/h2-9,23H,10-14H2,1H3,(H,22,24)(H,25,26). The average Bonchev–Trinajstić information content (AvgIpc) is 2.73. The van der Waals surface area contributed by atoms with Gasteiger partial charge in [-0.15, -0.1) is 0 Å². The number of benzene rings is 2. The van der Waals surface area contributed by atoms with E-state index >= 15 is 0 Å². The highest BCUT2D eigenvalue weighted by molar-refractivity contribution is 6.00. The highest BCUT2D eigenvalue weighted by Crippen LogP contribution is 2.30. The van der Waals surface area contributed by atoms with Crippen LogP contribution >= 0.6 is 0 Å². The maximum atomic E-state index is 12.8. The van der Waals surface area contributed by atoms with Gasteiger partial charge in [0.05, 0.1) is 23.8 Å². The van der Waals surface area contributed by atoms with Gasteiger partial charge in [0.15, 0.2) is 0 Å². The smallest absolute Gasteiger partial charge is 0.311 e. The van der Waals surface area contributed by atoms with Crippen molar-refractivity contribution in [1.82, 2.24) is 5.32 Å². The fraction of sp³-hybridized carbons (Fsp3) is 0.333. The molecule has 2 aromatic rings. The van der Waals surface area contributed by atoms with Crippen molar-refractivity contribution in [1.29, 1.82) is 0 Å². The van der Waals surface area contributed by atoms with E-state index in [9.17, 15) is 14.7 Å². The van der Waals surface area contributed by atoms with Crippen LogP contribution in [0.15, 0.2) is 48.5 Å². The molecular weight excluding hydrogens is 360 g/mol. The zero-order valence-electron chi connectivity index (χ0n) is 15.7. The van der Waals surface area contributed by atoms with Gasteiger partial charge < -0.3 is 25.2 Å². The Balaban J connectivity index is 1.72. The zero-order valence-corrected chi connectivity index (χ0v) is 15.7. The van der Waals surface area contributed by atoms with E-state index in [1.54, 1.807) is 25.3 Å². The normalized spacial score (nSPS) is 15.5. The van der Waals surface area contributed by atoms with Gasteiger partial charge in [0.1, 0.15) is 5.75 Å². The van der Waals surface area contributed by atoms with Crippen LogP contribution in [0.4, 0.5) is 11.4 Å². The number of carbonyl (C=O) groups is 2. The van der Waals surface area contributed by atoms with Crippen LogP contribution < -0.4 is 15.4 Å². The lowest BCUT2D eigenvalue weighted by Crippen LogP contribution is -2.46. The summed E-state index contributed by atoms with van der Waals surface area (Å²) in [5.41, 5.74) is 0.923. The highest BCUT2D eigenvalue weighted by atomic mass is 16.5. The third-order valence-electron chi connectivity index (χ3n) is 5.03. The van der Waals surface area contributed by atoms with Gasteiger partial charge in [-0.2, -0.15) is 0 Å². The maximum absolute atomic E-state index is 12.8. The molecule has 2 aromatic carbocycles. The number of methoxy groups -OCH3 is 1. The van der Waals surface area contributed by atoms with Gasteiger partial charge in [0.2, 0.25) is 0 Å². The minimum absolute atomic E-state index is 0.0708. The van der Waals surface area contributed by atoms with E-state index in [0.29, 0.717) is 37.3 Å². The SMILES string of the molecule is COc1ccc(Nc2ccccc2C(=O)NCC2(C(=O)O)CCOCC2)cc1. The number of carbonyl (C=O) groups excluding carboxylic acids is 1. The van der Waals surface area contributed by atoms with Crippen molar-refractivity contribution in [2.45, 2.75) is 12.8 Å². The first-order valence-corrected chi connectivity index (χ1v) is 9.13. The number of anilines is 2. The Morgan fingerprint density at radius 3 is 2.43 bits per heavy atom. The van der Waals surface area contributed by atoms with E-state index in [1.807, 2.05) is 30.3 Å². The second-order valence-electron chi connectivity index (χ2n) is 6.78. The van der Waals surface area contributed by atoms with E-state index in [1.165, 1.54) is 0 Å². The molecule has 28 heavy (non-hydrogen) atoms. The summed E-state index contributed by atoms with van der Waals surface area (Å²) in [4.78, 5) is 24.5. The van der Waals surface area contributed by atoms with Crippen LogP contribution in [0.5, 0.6) is 5.75 Å². The number of amides is 1. The topological polar surface area (TPSA) is 96.9 Å². The molecule has 7 heteroatoms. The van der Waals surface area contributed by atoms with Crippen molar-refractivity contribution in [3.8, 4) is 5.75 Å². The lowest BCUT2D eigenvalue weighted by atomic mass is 9.80. The predicted molar refractivity (Wildman–Crippen MR) is 105 cm³/mol. The predicted octanol–water partition coefficient (Wildman–Crippen LogP) is 3.05. The molecule has 0 spiro atoms. The first kappa shape index (κ1) is 19.7. The van der Waals surface area contributed by atoms with E-state index in [4.69, 9.17) is 9.47 Å². The van der Waals surface area contributed by atoms with Crippen molar-refractivity contribution < 1.29 is 24.2 Å². The van der Waals surface area contributed by atoms with Crippen molar-refractivity contribution >= 4 is 23.3 Å². The Hall–Kier alpha value is -3.06. The summed E-state index contributed by atoms with van der Waals surface area (Å²) in [5, 5.41) is 15.7. The molecule has 3 N–H and O–H groups in total. The molecule has 0 aromatic heterocycles. The minimum atomic E-state index is -0.980. The molecule has 1 saturated heterocycles. The number of carboxylic acids is 1. The first-order chi connectivity index (χ1) is 13.5. The van der Waals surface area contributed by atoms with Crippen LogP contribution in [0.1, 0.15) is 23.2 Å². The molecule has 0 radical (unpaired) electrons. The number of hydrogen-bond acceptors (Lipinski definition) is 5. The first-order valence-electron chi connectivity index (χ1n) is 9.13. The molecule has 0 bridgehead atoms. The van der Waals surface area contributed by atoms with Gasteiger partial charge in [0.25, 0.3) is 5.91 Å². The molecule has 0 aliphatic carbocycles. The van der Waals surface area contributed by atoms with Gasteiger partial charge in [-0.1, -0.05) is 12.1 Å². The number of para-hydroxylation sites is 1. The van der Waals surface area contributed by atoms with Gasteiger partial charge in [0, 0.05) is 25.4 Å². The van der Waals surface area contributed by atoms with Gasteiger partial charge >= 0.3 is 5.97 Å². The molecule has 1 aliphatic heterocycles. The third-order valence-corrected chi connectivity index (χ3v) is 5.03. The van der Waals surface area contributed by atoms with Gasteiger partial charge in [-0.05, 0) is 49.2 Å². The van der Waals surface area contributed by atoms with Crippen LogP contribution in [0.2, 0.25) is 0 Å². The van der Waals surface area contributed by atoms with E-state index in [0.717, 1.165) is 11.4 Å². The summed E-state index contributed by atoms with van der Waals surface area (Å²) in [6.45, 7) is 0.844. The van der Waals surface area contributed by atoms with Crippen molar-refractivity contribution in [3.63, 3.8) is 0 Å². The fourth-order valence-electron chi connectivity index (χ4n) is 3.19. The molecule has 3 rings (SSSR count). The van der Waals surface area contributed by atoms with E-state index in [-0.39, 0.29) is 12.5 Å². The molecule has 0 atom stereocenters. The lowest BCUT2D eigenvalue weighted by Gasteiger charge is -2.33. The van der Waals surface area contributed by atoms with Crippen LogP contribution in [-0.4, -0.2) is 43.9 Å². The molecule has 1 aliphatic rings. The zero-order chi connectivity index (χ0) is 20.0. The van der Waals surface area contributed by atoms with Gasteiger partial charge in [-0.3, -0.25) is 9.59 Å². The Morgan fingerprint density at radius 1 is 1.11 bits per heavy atom. The molecular formula is C21H24N2O5. The third kappa shape index (κ3) is 4.43. The van der Waals surface area contributed by atoms with Crippen LogP contribution in [0, 0.1) is 5.41 Å². The highest BCUT2D eigenvalue weighted by Gasteiger charge is 2.40. The van der Waals surface area contributed by atoms with Crippen LogP contribution in [-0.2, 0) is 9.53 Å². The van der Waals surface area contributed by atoms with E-state index < -0.39 is 11.4 Å². The lowest BCUT2D eigenvalue weighted by molar-refractivity contribution is -0.154. The number of hydrogen-bond donors (Lipinski definition) is 3. The second kappa shape index (κ2) is 8.75. The minimum Gasteiger partial charge on any atom is -0.497 e. The van der Waals surface area contributed by atoms with Crippen LogP contribution in [0.25, 0.3) is 0 Å². The summed E-state index contributed by atoms with van der Waals surface area (Å²) in [6.07, 6.45) is 0.767. The Bertz CT molecular complexity index is 829. The fourth-order valence-corrected chi connectivity index (χ4v) is 3.19. The van der Waals surface area contributed by atoms with Crippen molar-refractivity contribution in [2.75, 3.05) is 32.2 Å². The van der Waals surface area contributed by atoms with Crippen LogP contribution in [0.3, 0.4) is 0 Å². The molecule has 1 amide bonds. The largest absolute Gasteiger partial charge is 0.497 e.